The molecule has 0 aliphatic rings. The molecule has 31 heavy (non-hydrogen) atoms. The molecule has 1 aromatic carbocycles. The first-order valence-corrected chi connectivity index (χ1v) is 11.1. The minimum atomic E-state index is 0.642. The van der Waals surface area contributed by atoms with E-state index in [1.807, 2.05) is 12.3 Å². The molecule has 0 fully saturated rings. The van der Waals surface area contributed by atoms with Crippen molar-refractivity contribution in [3.05, 3.63) is 60.4 Å². The van der Waals surface area contributed by atoms with Crippen molar-refractivity contribution in [3.8, 4) is 21.8 Å². The standard InChI is InChI=1S/C24H24N4O2S/c1-29-12-10-27-15-20(17-6-3-4-8-22(17)27)24-26-21(16-31-24)19-14-28(11-13-30-2)23-18(19)7-5-9-25-23/h3-9,14-16H,10-13H2,1-2H3. The minimum absolute atomic E-state index is 0.642. The normalized spacial score (nSPS) is 11.7. The lowest BCUT2D eigenvalue weighted by molar-refractivity contribution is 0.188. The maximum atomic E-state index is 5.29. The summed E-state index contributed by atoms with van der Waals surface area (Å²) >= 11 is 1.68. The van der Waals surface area contributed by atoms with Crippen molar-refractivity contribution in [3.63, 3.8) is 0 Å². The van der Waals surface area contributed by atoms with Crippen LogP contribution in [-0.2, 0) is 22.6 Å². The summed E-state index contributed by atoms with van der Waals surface area (Å²) in [6.45, 7) is 2.89. The monoisotopic (exact) mass is 432 g/mol. The maximum Gasteiger partial charge on any atom is 0.140 e. The van der Waals surface area contributed by atoms with Crippen molar-refractivity contribution in [2.75, 3.05) is 27.4 Å². The number of ether oxygens (including phenoxy) is 2. The molecular formula is C24H24N4O2S. The zero-order valence-corrected chi connectivity index (χ0v) is 18.4. The van der Waals surface area contributed by atoms with Crippen LogP contribution < -0.4 is 0 Å². The highest BCUT2D eigenvalue weighted by Gasteiger charge is 2.17. The number of fused-ring (bicyclic) bond motifs is 2. The van der Waals surface area contributed by atoms with Crippen molar-refractivity contribution < 1.29 is 9.47 Å². The first-order chi connectivity index (χ1) is 15.3. The molecule has 0 radical (unpaired) electrons. The molecular weight excluding hydrogens is 408 g/mol. The second kappa shape index (κ2) is 8.63. The fourth-order valence-electron chi connectivity index (χ4n) is 4.00. The number of methoxy groups -OCH3 is 2. The summed E-state index contributed by atoms with van der Waals surface area (Å²) < 4.78 is 14.9. The Kier molecular flexibility index (Phi) is 5.55. The van der Waals surface area contributed by atoms with Crippen LogP contribution in [0.5, 0.6) is 0 Å². The highest BCUT2D eigenvalue weighted by atomic mass is 32.1. The Morgan fingerprint density at radius 2 is 1.61 bits per heavy atom. The van der Waals surface area contributed by atoms with E-state index >= 15 is 0 Å². The third-order valence-electron chi connectivity index (χ3n) is 5.51. The lowest BCUT2D eigenvalue weighted by Crippen LogP contribution is -2.03. The van der Waals surface area contributed by atoms with Crippen LogP contribution in [0.4, 0.5) is 0 Å². The molecule has 0 saturated heterocycles. The van der Waals surface area contributed by atoms with Gasteiger partial charge in [0.15, 0.2) is 0 Å². The minimum Gasteiger partial charge on any atom is -0.383 e. The molecule has 6 nitrogen and oxygen atoms in total. The van der Waals surface area contributed by atoms with Gasteiger partial charge < -0.3 is 18.6 Å². The fourth-order valence-corrected chi connectivity index (χ4v) is 4.84. The van der Waals surface area contributed by atoms with Crippen molar-refractivity contribution >= 4 is 33.3 Å². The molecule has 5 aromatic rings. The van der Waals surface area contributed by atoms with Gasteiger partial charge in [0.25, 0.3) is 0 Å². The zero-order valence-electron chi connectivity index (χ0n) is 17.6. The second-order valence-electron chi connectivity index (χ2n) is 7.39. The van der Waals surface area contributed by atoms with E-state index in [1.165, 1.54) is 10.9 Å². The largest absolute Gasteiger partial charge is 0.383 e. The number of aromatic nitrogens is 4. The predicted octanol–water partition coefficient (Wildman–Crippen LogP) is 5.07. The number of thiazole rings is 1. The van der Waals surface area contributed by atoms with Crippen LogP contribution in [-0.4, -0.2) is 46.5 Å². The van der Waals surface area contributed by atoms with Crippen molar-refractivity contribution in [2.24, 2.45) is 0 Å². The number of benzene rings is 1. The first-order valence-electron chi connectivity index (χ1n) is 10.3. The lowest BCUT2D eigenvalue weighted by Gasteiger charge is -2.03. The van der Waals surface area contributed by atoms with Crippen LogP contribution in [0, 0.1) is 0 Å². The Morgan fingerprint density at radius 1 is 0.871 bits per heavy atom. The molecule has 0 N–H and O–H groups in total. The Balaban J connectivity index is 1.57. The molecule has 0 amide bonds. The van der Waals surface area contributed by atoms with Gasteiger partial charge in [0.05, 0.1) is 18.9 Å². The van der Waals surface area contributed by atoms with E-state index in [4.69, 9.17) is 14.5 Å². The molecule has 0 aliphatic carbocycles. The van der Waals surface area contributed by atoms with Gasteiger partial charge >= 0.3 is 0 Å². The third-order valence-corrected chi connectivity index (χ3v) is 6.38. The smallest absolute Gasteiger partial charge is 0.140 e. The molecule has 7 heteroatoms. The molecule has 0 spiro atoms. The third kappa shape index (κ3) is 3.65. The van der Waals surface area contributed by atoms with Gasteiger partial charge in [-0.1, -0.05) is 18.2 Å². The second-order valence-corrected chi connectivity index (χ2v) is 8.25. The van der Waals surface area contributed by atoms with Gasteiger partial charge in [-0.05, 0) is 18.2 Å². The van der Waals surface area contributed by atoms with E-state index in [1.54, 1.807) is 25.6 Å². The SMILES string of the molecule is COCCn1cc(-c2nc(-c3cn(CCOC)c4ncccc34)cs2)c2ccccc21. The summed E-state index contributed by atoms with van der Waals surface area (Å²) in [5.41, 5.74) is 5.39. The average molecular weight is 433 g/mol. The zero-order chi connectivity index (χ0) is 21.2. The molecule has 4 aromatic heterocycles. The van der Waals surface area contributed by atoms with E-state index in [0.717, 1.165) is 46.0 Å². The molecule has 158 valence electrons. The number of hydrogen-bond acceptors (Lipinski definition) is 5. The van der Waals surface area contributed by atoms with E-state index in [-0.39, 0.29) is 0 Å². The van der Waals surface area contributed by atoms with E-state index in [2.05, 4.69) is 62.2 Å². The summed E-state index contributed by atoms with van der Waals surface area (Å²) in [5, 5.41) is 5.48. The topological polar surface area (TPSA) is 54.1 Å². The summed E-state index contributed by atoms with van der Waals surface area (Å²) in [6, 6.07) is 12.5. The predicted molar refractivity (Wildman–Crippen MR) is 126 cm³/mol. The molecule has 0 atom stereocenters. The van der Waals surface area contributed by atoms with E-state index in [0.29, 0.717) is 13.2 Å². The quantitative estimate of drug-likeness (QED) is 0.343. The summed E-state index contributed by atoms with van der Waals surface area (Å²) in [7, 11) is 3.45. The molecule has 4 heterocycles. The van der Waals surface area contributed by atoms with Crippen LogP contribution in [0.15, 0.2) is 60.4 Å². The Hall–Kier alpha value is -3.00. The van der Waals surface area contributed by atoms with Crippen LogP contribution >= 0.6 is 11.3 Å². The molecule has 0 bridgehead atoms. The summed E-state index contributed by atoms with van der Waals surface area (Å²) in [5.74, 6) is 0. The number of pyridine rings is 1. The molecule has 0 aliphatic heterocycles. The summed E-state index contributed by atoms with van der Waals surface area (Å²) in [4.78, 5) is 9.63. The Labute approximate surface area is 184 Å². The first kappa shape index (κ1) is 19.9. The molecule has 5 rings (SSSR count). The van der Waals surface area contributed by atoms with Crippen molar-refractivity contribution in [1.82, 2.24) is 19.1 Å². The van der Waals surface area contributed by atoms with Gasteiger partial charge in [0.1, 0.15) is 10.7 Å². The highest BCUT2D eigenvalue weighted by Crippen LogP contribution is 2.37. The van der Waals surface area contributed by atoms with Crippen molar-refractivity contribution in [2.45, 2.75) is 13.1 Å². The van der Waals surface area contributed by atoms with Gasteiger partial charge in [-0.25, -0.2) is 9.97 Å². The average Bonchev–Trinajstić information content (AvgIpc) is 3.52. The highest BCUT2D eigenvalue weighted by molar-refractivity contribution is 7.13. The van der Waals surface area contributed by atoms with Gasteiger partial charge in [-0.2, -0.15) is 0 Å². The Bertz CT molecular complexity index is 1230. The number of para-hydroxylation sites is 1. The van der Waals surface area contributed by atoms with Gasteiger partial charge in [-0.15, -0.1) is 11.3 Å². The van der Waals surface area contributed by atoms with Gasteiger partial charge in [0.2, 0.25) is 0 Å². The lowest BCUT2D eigenvalue weighted by atomic mass is 10.1. The van der Waals surface area contributed by atoms with Crippen LogP contribution in [0.1, 0.15) is 0 Å². The number of hydrogen-bond donors (Lipinski definition) is 0. The van der Waals surface area contributed by atoms with Crippen LogP contribution in [0.3, 0.4) is 0 Å². The van der Waals surface area contributed by atoms with Crippen LogP contribution in [0.2, 0.25) is 0 Å². The van der Waals surface area contributed by atoms with Gasteiger partial charge in [0, 0.05) is 78.7 Å². The number of rotatable bonds is 8. The molecule has 0 saturated carbocycles. The Morgan fingerprint density at radius 3 is 2.45 bits per heavy atom. The molecule has 0 unspecified atom stereocenters. The fraction of sp³-hybridized carbons (Fsp3) is 0.250. The van der Waals surface area contributed by atoms with E-state index < -0.39 is 0 Å². The van der Waals surface area contributed by atoms with E-state index in [9.17, 15) is 0 Å². The summed E-state index contributed by atoms with van der Waals surface area (Å²) in [6.07, 6.45) is 6.16. The number of nitrogens with zero attached hydrogens (tertiary/aromatic N) is 4. The van der Waals surface area contributed by atoms with Crippen molar-refractivity contribution in [1.29, 1.82) is 0 Å². The van der Waals surface area contributed by atoms with Gasteiger partial charge in [-0.3, -0.25) is 0 Å². The maximum absolute atomic E-state index is 5.29. The van der Waals surface area contributed by atoms with Crippen LogP contribution in [0.25, 0.3) is 43.8 Å².